The number of hydrogen-bond acceptors (Lipinski definition) is 5. The zero-order valence-electron chi connectivity index (χ0n) is 15.8. The third kappa shape index (κ3) is 5.37. The van der Waals surface area contributed by atoms with E-state index in [-0.39, 0.29) is 5.69 Å². The molecular weight excluding hydrogens is 346 g/mol. The zero-order valence-corrected chi connectivity index (χ0v) is 15.8. The molecule has 7 nitrogen and oxygen atoms in total. The van der Waals surface area contributed by atoms with Crippen LogP contribution in [0.5, 0.6) is 5.75 Å². The topological polar surface area (TPSA) is 93.8 Å². The van der Waals surface area contributed by atoms with Crippen molar-refractivity contribution in [1.29, 1.82) is 0 Å². The number of carbonyl (C=O) groups is 1. The lowest BCUT2D eigenvalue weighted by Gasteiger charge is -2.16. The molecule has 7 heteroatoms. The zero-order chi connectivity index (χ0) is 20.0. The number of nitro benzene ring substituents is 1. The number of aryl methyl sites for hydroxylation is 1. The molecule has 0 fully saturated rings. The Labute approximate surface area is 158 Å². The van der Waals surface area contributed by atoms with Gasteiger partial charge in [0.25, 0.3) is 11.6 Å². The number of nitrogens with zero attached hydrogens (tertiary/aromatic N) is 2. The second kappa shape index (κ2) is 8.93. The minimum atomic E-state index is -0.769. The molecule has 0 aliphatic carbocycles. The second-order valence-corrected chi connectivity index (χ2v) is 6.49. The Morgan fingerprint density at radius 2 is 1.93 bits per heavy atom. The van der Waals surface area contributed by atoms with Crippen LogP contribution >= 0.6 is 0 Å². The van der Waals surface area contributed by atoms with Gasteiger partial charge in [0, 0.05) is 6.07 Å². The van der Waals surface area contributed by atoms with Crippen LogP contribution in [-0.4, -0.2) is 23.1 Å². The molecule has 1 atom stereocenters. The highest BCUT2D eigenvalue weighted by atomic mass is 16.6. The van der Waals surface area contributed by atoms with Crippen LogP contribution in [0.15, 0.2) is 47.6 Å². The summed E-state index contributed by atoms with van der Waals surface area (Å²) < 4.78 is 5.77. The summed E-state index contributed by atoms with van der Waals surface area (Å²) in [5.41, 5.74) is 4.63. The fourth-order valence-corrected chi connectivity index (χ4v) is 2.37. The summed E-state index contributed by atoms with van der Waals surface area (Å²) in [4.78, 5) is 22.7. The van der Waals surface area contributed by atoms with Crippen molar-refractivity contribution in [1.82, 2.24) is 5.43 Å². The number of hydrogen-bond donors (Lipinski definition) is 1. The van der Waals surface area contributed by atoms with Gasteiger partial charge in [-0.2, -0.15) is 5.10 Å². The van der Waals surface area contributed by atoms with E-state index in [0.29, 0.717) is 17.2 Å². The van der Waals surface area contributed by atoms with Gasteiger partial charge in [-0.05, 0) is 43.0 Å². The Bertz CT molecular complexity index is 862. The maximum absolute atomic E-state index is 12.2. The standard InChI is InChI=1S/C20H23N3O4/c1-13(2)16-10-9-14(3)19(11-16)27-15(4)20(24)22-21-12-17-7-5-6-8-18(17)23(25)26/h5-13,15H,1-4H3,(H,22,24)/b21-12+. The molecule has 0 aliphatic heterocycles. The van der Waals surface area contributed by atoms with Crippen LogP contribution in [0.1, 0.15) is 43.4 Å². The van der Waals surface area contributed by atoms with Gasteiger partial charge in [-0.15, -0.1) is 0 Å². The third-order valence-corrected chi connectivity index (χ3v) is 4.06. The molecular formula is C20H23N3O4. The van der Waals surface area contributed by atoms with E-state index in [1.165, 1.54) is 12.3 Å². The minimum Gasteiger partial charge on any atom is -0.481 e. The molecule has 1 N–H and O–H groups in total. The molecule has 142 valence electrons. The summed E-state index contributed by atoms with van der Waals surface area (Å²) in [6, 6.07) is 12.1. The normalized spacial score (nSPS) is 12.2. The number of benzene rings is 2. The summed E-state index contributed by atoms with van der Waals surface area (Å²) in [5, 5.41) is 14.8. The first kappa shape index (κ1) is 20.1. The van der Waals surface area contributed by atoms with Crippen molar-refractivity contribution >= 4 is 17.8 Å². The Balaban J connectivity index is 2.03. The monoisotopic (exact) mass is 369 g/mol. The van der Waals surface area contributed by atoms with Crippen LogP contribution in [0.4, 0.5) is 5.69 Å². The number of para-hydroxylation sites is 1. The lowest BCUT2D eigenvalue weighted by atomic mass is 10.0. The molecule has 2 rings (SSSR count). The number of nitrogens with one attached hydrogen (secondary N) is 1. The summed E-state index contributed by atoms with van der Waals surface area (Å²) in [6.07, 6.45) is 0.474. The molecule has 0 heterocycles. The van der Waals surface area contributed by atoms with E-state index < -0.39 is 16.9 Å². The maximum atomic E-state index is 12.2. The van der Waals surface area contributed by atoms with Gasteiger partial charge >= 0.3 is 0 Å². The Hall–Kier alpha value is -3.22. The average molecular weight is 369 g/mol. The second-order valence-electron chi connectivity index (χ2n) is 6.49. The van der Waals surface area contributed by atoms with Crippen molar-refractivity contribution in [3.8, 4) is 5.75 Å². The Kier molecular flexibility index (Phi) is 6.65. The van der Waals surface area contributed by atoms with E-state index in [9.17, 15) is 14.9 Å². The Morgan fingerprint density at radius 1 is 1.22 bits per heavy atom. The molecule has 0 saturated carbocycles. The summed E-state index contributed by atoms with van der Waals surface area (Å²) >= 11 is 0. The summed E-state index contributed by atoms with van der Waals surface area (Å²) in [7, 11) is 0. The van der Waals surface area contributed by atoms with Crippen LogP contribution in [0, 0.1) is 17.0 Å². The molecule has 1 amide bonds. The third-order valence-electron chi connectivity index (χ3n) is 4.06. The van der Waals surface area contributed by atoms with Crippen LogP contribution in [0.25, 0.3) is 0 Å². The highest BCUT2D eigenvalue weighted by molar-refractivity contribution is 5.87. The fourth-order valence-electron chi connectivity index (χ4n) is 2.37. The maximum Gasteiger partial charge on any atom is 0.280 e. The van der Waals surface area contributed by atoms with Gasteiger partial charge in [-0.25, -0.2) is 5.43 Å². The van der Waals surface area contributed by atoms with Crippen molar-refractivity contribution < 1.29 is 14.5 Å². The summed E-state index contributed by atoms with van der Waals surface area (Å²) in [6.45, 7) is 7.71. The molecule has 0 spiro atoms. The lowest BCUT2D eigenvalue weighted by Crippen LogP contribution is -2.33. The van der Waals surface area contributed by atoms with E-state index >= 15 is 0 Å². The summed E-state index contributed by atoms with van der Waals surface area (Å²) in [5.74, 6) is 0.550. The van der Waals surface area contributed by atoms with Gasteiger partial charge in [-0.1, -0.05) is 38.1 Å². The molecule has 0 bridgehead atoms. The van der Waals surface area contributed by atoms with Gasteiger partial charge in [0.1, 0.15) is 5.75 Å². The molecule has 2 aromatic carbocycles. The van der Waals surface area contributed by atoms with Gasteiger partial charge in [0.2, 0.25) is 0 Å². The smallest absolute Gasteiger partial charge is 0.280 e. The van der Waals surface area contributed by atoms with Crippen molar-refractivity contribution in [2.75, 3.05) is 0 Å². The first-order valence-electron chi connectivity index (χ1n) is 8.63. The van der Waals surface area contributed by atoms with E-state index in [1.54, 1.807) is 25.1 Å². The van der Waals surface area contributed by atoms with Crippen LogP contribution in [-0.2, 0) is 4.79 Å². The van der Waals surface area contributed by atoms with Gasteiger partial charge in [0.05, 0.1) is 16.7 Å². The number of hydrazone groups is 1. The highest BCUT2D eigenvalue weighted by Gasteiger charge is 2.16. The predicted molar refractivity (Wildman–Crippen MR) is 104 cm³/mol. The van der Waals surface area contributed by atoms with E-state index in [2.05, 4.69) is 24.4 Å². The van der Waals surface area contributed by atoms with Crippen molar-refractivity contribution in [2.45, 2.75) is 39.7 Å². The molecule has 27 heavy (non-hydrogen) atoms. The van der Waals surface area contributed by atoms with Gasteiger partial charge in [-0.3, -0.25) is 14.9 Å². The number of ether oxygens (including phenoxy) is 1. The SMILES string of the molecule is Cc1ccc(C(C)C)cc1OC(C)C(=O)N/N=C/c1ccccc1[N+](=O)[O-]. The van der Waals surface area contributed by atoms with Crippen LogP contribution in [0.3, 0.4) is 0 Å². The Morgan fingerprint density at radius 3 is 2.59 bits per heavy atom. The largest absolute Gasteiger partial charge is 0.481 e. The first-order valence-corrected chi connectivity index (χ1v) is 8.63. The number of carbonyl (C=O) groups excluding carboxylic acids is 1. The number of nitro groups is 1. The predicted octanol–water partition coefficient (Wildman–Crippen LogP) is 3.94. The van der Waals surface area contributed by atoms with Gasteiger partial charge < -0.3 is 4.74 Å². The molecule has 0 saturated heterocycles. The molecule has 0 aromatic heterocycles. The van der Waals surface area contributed by atoms with Crippen LogP contribution in [0.2, 0.25) is 0 Å². The molecule has 2 aromatic rings. The molecule has 1 unspecified atom stereocenters. The van der Waals surface area contributed by atoms with Crippen molar-refractivity contribution in [3.63, 3.8) is 0 Å². The first-order chi connectivity index (χ1) is 12.8. The highest BCUT2D eigenvalue weighted by Crippen LogP contribution is 2.25. The lowest BCUT2D eigenvalue weighted by molar-refractivity contribution is -0.385. The number of rotatable bonds is 7. The minimum absolute atomic E-state index is 0.0825. The van der Waals surface area contributed by atoms with Crippen molar-refractivity contribution in [3.05, 3.63) is 69.3 Å². The van der Waals surface area contributed by atoms with E-state index in [4.69, 9.17) is 4.74 Å². The van der Waals surface area contributed by atoms with Crippen molar-refractivity contribution in [2.24, 2.45) is 5.10 Å². The quantitative estimate of drug-likeness (QED) is 0.454. The van der Waals surface area contributed by atoms with E-state index in [0.717, 1.165) is 11.1 Å². The molecule has 0 radical (unpaired) electrons. The fraction of sp³-hybridized carbons (Fsp3) is 0.300. The molecule has 0 aliphatic rings. The average Bonchev–Trinajstić information content (AvgIpc) is 2.63. The number of amides is 1. The van der Waals surface area contributed by atoms with E-state index in [1.807, 2.05) is 25.1 Å². The van der Waals surface area contributed by atoms with Gasteiger partial charge in [0.15, 0.2) is 6.10 Å². The van der Waals surface area contributed by atoms with Crippen LogP contribution < -0.4 is 10.2 Å².